The number of hydrogen-bond acceptors (Lipinski definition) is 3. The molecule has 1 aliphatic rings. The molecule has 6 heteroatoms. The van der Waals surface area contributed by atoms with Crippen molar-refractivity contribution in [1.82, 2.24) is 4.90 Å². The van der Waals surface area contributed by atoms with Gasteiger partial charge < -0.3 is 5.32 Å². The summed E-state index contributed by atoms with van der Waals surface area (Å²) in [6.07, 6.45) is 0. The van der Waals surface area contributed by atoms with E-state index in [1.54, 1.807) is 30.3 Å². The SMILES string of the molecule is CN1C(=O)c2ccc(NC(=O)c3cccc(Br)c3)cc2C1=O. The molecule has 2 aromatic carbocycles. The average Bonchev–Trinajstić information content (AvgIpc) is 2.72. The molecule has 3 amide bonds. The Kier molecular flexibility index (Phi) is 3.54. The van der Waals surface area contributed by atoms with Crippen molar-refractivity contribution in [1.29, 1.82) is 0 Å². The highest BCUT2D eigenvalue weighted by Gasteiger charge is 2.32. The van der Waals surface area contributed by atoms with Crippen LogP contribution >= 0.6 is 15.9 Å². The molecule has 0 radical (unpaired) electrons. The fourth-order valence-electron chi connectivity index (χ4n) is 2.27. The van der Waals surface area contributed by atoms with Crippen LogP contribution in [0.4, 0.5) is 5.69 Å². The zero-order valence-electron chi connectivity index (χ0n) is 11.6. The van der Waals surface area contributed by atoms with Crippen LogP contribution in [0.1, 0.15) is 31.1 Å². The van der Waals surface area contributed by atoms with Gasteiger partial charge >= 0.3 is 0 Å². The fraction of sp³-hybridized carbons (Fsp3) is 0.0625. The predicted molar refractivity (Wildman–Crippen MR) is 85.0 cm³/mol. The highest BCUT2D eigenvalue weighted by Crippen LogP contribution is 2.25. The van der Waals surface area contributed by atoms with Gasteiger partial charge in [0.15, 0.2) is 0 Å². The lowest BCUT2D eigenvalue weighted by atomic mass is 10.1. The van der Waals surface area contributed by atoms with E-state index in [1.165, 1.54) is 13.1 Å². The van der Waals surface area contributed by atoms with Crippen molar-refractivity contribution in [3.63, 3.8) is 0 Å². The molecule has 0 fully saturated rings. The first kappa shape index (κ1) is 14.5. The maximum Gasteiger partial charge on any atom is 0.261 e. The van der Waals surface area contributed by atoms with Crippen molar-refractivity contribution < 1.29 is 14.4 Å². The van der Waals surface area contributed by atoms with Crippen molar-refractivity contribution in [2.45, 2.75) is 0 Å². The number of imide groups is 1. The zero-order valence-corrected chi connectivity index (χ0v) is 13.2. The Bertz CT molecular complexity index is 817. The van der Waals surface area contributed by atoms with Crippen LogP contribution in [0.2, 0.25) is 0 Å². The molecule has 3 rings (SSSR count). The van der Waals surface area contributed by atoms with Crippen LogP contribution in [0.15, 0.2) is 46.9 Å². The van der Waals surface area contributed by atoms with Gasteiger partial charge in [0.25, 0.3) is 17.7 Å². The van der Waals surface area contributed by atoms with E-state index >= 15 is 0 Å². The van der Waals surface area contributed by atoms with E-state index in [4.69, 9.17) is 0 Å². The third-order valence-electron chi connectivity index (χ3n) is 3.43. The number of halogens is 1. The summed E-state index contributed by atoms with van der Waals surface area (Å²) in [5.41, 5.74) is 1.63. The molecule has 1 heterocycles. The molecule has 2 aromatic rings. The number of nitrogens with one attached hydrogen (secondary N) is 1. The summed E-state index contributed by atoms with van der Waals surface area (Å²) < 4.78 is 0.802. The number of benzene rings is 2. The molecule has 0 aromatic heterocycles. The second-order valence-corrected chi connectivity index (χ2v) is 5.81. The average molecular weight is 359 g/mol. The summed E-state index contributed by atoms with van der Waals surface area (Å²) in [4.78, 5) is 37.0. The molecule has 0 atom stereocenters. The molecule has 0 saturated heterocycles. The van der Waals surface area contributed by atoms with Crippen LogP contribution in [0.5, 0.6) is 0 Å². The van der Waals surface area contributed by atoms with Crippen molar-refractivity contribution in [2.24, 2.45) is 0 Å². The molecule has 22 heavy (non-hydrogen) atoms. The first-order chi connectivity index (χ1) is 10.5. The summed E-state index contributed by atoms with van der Waals surface area (Å²) in [5.74, 6) is -0.977. The van der Waals surface area contributed by atoms with Crippen LogP contribution in [-0.4, -0.2) is 29.7 Å². The molecule has 0 bridgehead atoms. The highest BCUT2D eigenvalue weighted by atomic mass is 79.9. The number of nitrogens with zero attached hydrogens (tertiary/aromatic N) is 1. The molecule has 1 aliphatic heterocycles. The van der Waals surface area contributed by atoms with Gasteiger partial charge in [-0.15, -0.1) is 0 Å². The Hall–Kier alpha value is -2.47. The number of anilines is 1. The van der Waals surface area contributed by atoms with Crippen molar-refractivity contribution >= 4 is 39.3 Å². The lowest BCUT2D eigenvalue weighted by molar-refractivity contribution is 0.0692. The van der Waals surface area contributed by atoms with E-state index in [2.05, 4.69) is 21.2 Å². The van der Waals surface area contributed by atoms with Crippen molar-refractivity contribution in [3.05, 3.63) is 63.6 Å². The minimum Gasteiger partial charge on any atom is -0.322 e. The smallest absolute Gasteiger partial charge is 0.261 e. The van der Waals surface area contributed by atoms with Crippen LogP contribution in [0, 0.1) is 0 Å². The standard InChI is InChI=1S/C16H11BrN2O3/c1-19-15(21)12-6-5-11(8-13(12)16(19)22)18-14(20)9-3-2-4-10(17)7-9/h2-8H,1H3,(H,18,20). The van der Waals surface area contributed by atoms with Crippen LogP contribution in [-0.2, 0) is 0 Å². The van der Waals surface area contributed by atoms with Gasteiger partial charge in [-0.25, -0.2) is 0 Å². The Labute approximate surface area is 135 Å². The van der Waals surface area contributed by atoms with E-state index in [0.29, 0.717) is 22.4 Å². The molecule has 110 valence electrons. The normalized spacial score (nSPS) is 13.3. The molecule has 0 unspecified atom stereocenters. The van der Waals surface area contributed by atoms with Crippen LogP contribution in [0.3, 0.4) is 0 Å². The summed E-state index contributed by atoms with van der Waals surface area (Å²) in [6, 6.07) is 11.7. The van der Waals surface area contributed by atoms with E-state index < -0.39 is 0 Å². The van der Waals surface area contributed by atoms with Gasteiger partial charge in [-0.3, -0.25) is 19.3 Å². The number of carbonyl (C=O) groups is 3. The van der Waals surface area contributed by atoms with Gasteiger partial charge in [-0.05, 0) is 36.4 Å². The zero-order chi connectivity index (χ0) is 15.9. The number of rotatable bonds is 2. The predicted octanol–water partition coefficient (Wildman–Crippen LogP) is 2.93. The number of fused-ring (bicyclic) bond motifs is 1. The molecular formula is C16H11BrN2O3. The fourth-order valence-corrected chi connectivity index (χ4v) is 2.67. The van der Waals surface area contributed by atoms with Gasteiger partial charge in [0.2, 0.25) is 0 Å². The minimum absolute atomic E-state index is 0.286. The van der Waals surface area contributed by atoms with E-state index in [0.717, 1.165) is 9.37 Å². The van der Waals surface area contributed by atoms with Crippen molar-refractivity contribution in [2.75, 3.05) is 12.4 Å². The summed E-state index contributed by atoms with van der Waals surface area (Å²) in [6.45, 7) is 0. The molecule has 0 saturated carbocycles. The topological polar surface area (TPSA) is 66.5 Å². The molecule has 5 nitrogen and oxygen atoms in total. The van der Waals surface area contributed by atoms with E-state index in [-0.39, 0.29) is 17.7 Å². The van der Waals surface area contributed by atoms with E-state index in [9.17, 15) is 14.4 Å². The maximum atomic E-state index is 12.2. The second-order valence-electron chi connectivity index (χ2n) is 4.89. The number of carbonyl (C=O) groups excluding carboxylic acids is 3. The highest BCUT2D eigenvalue weighted by molar-refractivity contribution is 9.10. The first-order valence-electron chi connectivity index (χ1n) is 6.51. The summed E-state index contributed by atoms with van der Waals surface area (Å²) >= 11 is 3.31. The minimum atomic E-state index is -0.362. The van der Waals surface area contributed by atoms with Crippen LogP contribution in [0.25, 0.3) is 0 Å². The maximum absolute atomic E-state index is 12.2. The van der Waals surface area contributed by atoms with Gasteiger partial charge in [0.1, 0.15) is 0 Å². The van der Waals surface area contributed by atoms with Gasteiger partial charge in [0, 0.05) is 22.8 Å². The monoisotopic (exact) mass is 358 g/mol. The Morgan fingerprint density at radius 2 is 1.77 bits per heavy atom. The van der Waals surface area contributed by atoms with Gasteiger partial charge in [0.05, 0.1) is 11.1 Å². The van der Waals surface area contributed by atoms with Crippen molar-refractivity contribution in [3.8, 4) is 0 Å². The lowest BCUT2D eigenvalue weighted by Crippen LogP contribution is -2.24. The molecule has 1 N–H and O–H groups in total. The quantitative estimate of drug-likeness (QED) is 0.839. The second kappa shape index (κ2) is 5.38. The summed E-state index contributed by atoms with van der Waals surface area (Å²) in [7, 11) is 1.43. The Morgan fingerprint density at radius 1 is 1.05 bits per heavy atom. The third-order valence-corrected chi connectivity index (χ3v) is 3.93. The first-order valence-corrected chi connectivity index (χ1v) is 7.30. The number of amides is 3. The largest absolute Gasteiger partial charge is 0.322 e. The van der Waals surface area contributed by atoms with E-state index in [1.807, 2.05) is 6.07 Å². The lowest BCUT2D eigenvalue weighted by Gasteiger charge is -2.06. The summed E-state index contributed by atoms with van der Waals surface area (Å²) in [5, 5.41) is 2.72. The molecular weight excluding hydrogens is 348 g/mol. The molecule has 0 aliphatic carbocycles. The number of hydrogen-bond donors (Lipinski definition) is 1. The van der Waals surface area contributed by atoms with Gasteiger partial charge in [-0.2, -0.15) is 0 Å². The van der Waals surface area contributed by atoms with Gasteiger partial charge in [-0.1, -0.05) is 22.0 Å². The van der Waals surface area contributed by atoms with Crippen LogP contribution < -0.4 is 5.32 Å². The Balaban J connectivity index is 1.88. The molecule has 0 spiro atoms. The third kappa shape index (κ3) is 2.42. The Morgan fingerprint density at radius 3 is 2.50 bits per heavy atom.